The van der Waals surface area contributed by atoms with Gasteiger partial charge >= 0.3 is 0 Å². The molecule has 2 aromatic rings. The number of phenolic OH excluding ortho intramolecular Hbond substituents is 1. The van der Waals surface area contributed by atoms with Crippen molar-refractivity contribution < 1.29 is 9.90 Å². The predicted molar refractivity (Wildman–Crippen MR) is 71.2 cm³/mol. The van der Waals surface area contributed by atoms with Crippen LogP contribution in [0, 0.1) is 6.92 Å². The molecule has 1 aromatic heterocycles. The highest BCUT2D eigenvalue weighted by molar-refractivity contribution is 6.31. The van der Waals surface area contributed by atoms with Crippen molar-refractivity contribution in [2.75, 3.05) is 5.32 Å². The second kappa shape index (κ2) is 4.74. The standard InChI is InChI=1S/C13H13ClN2O2/c1-8-5-10(17)3-4-11(8)15-13(18)12-6-9(14)7-16(12)2/h3-7,17H,1-2H3,(H,15,18). The lowest BCUT2D eigenvalue weighted by molar-refractivity contribution is 0.101. The van der Waals surface area contributed by atoms with Gasteiger partial charge in [0.05, 0.1) is 5.02 Å². The van der Waals surface area contributed by atoms with Crippen LogP contribution in [0.25, 0.3) is 0 Å². The van der Waals surface area contributed by atoms with Gasteiger partial charge in [-0.25, -0.2) is 0 Å². The highest BCUT2D eigenvalue weighted by atomic mass is 35.5. The zero-order valence-corrected chi connectivity index (χ0v) is 10.8. The Balaban J connectivity index is 2.24. The third-order valence-corrected chi connectivity index (χ3v) is 2.87. The molecule has 5 heteroatoms. The minimum atomic E-state index is -0.238. The van der Waals surface area contributed by atoms with E-state index < -0.39 is 0 Å². The van der Waals surface area contributed by atoms with Gasteiger partial charge in [-0.15, -0.1) is 0 Å². The molecule has 94 valence electrons. The van der Waals surface area contributed by atoms with Crippen molar-refractivity contribution in [3.63, 3.8) is 0 Å². The summed E-state index contributed by atoms with van der Waals surface area (Å²) in [6, 6.07) is 6.38. The van der Waals surface area contributed by atoms with E-state index >= 15 is 0 Å². The summed E-state index contributed by atoms with van der Waals surface area (Å²) in [5.74, 6) is -0.0643. The largest absolute Gasteiger partial charge is 0.508 e. The molecule has 1 aromatic carbocycles. The van der Waals surface area contributed by atoms with Gasteiger partial charge in [0.15, 0.2) is 0 Å². The van der Waals surface area contributed by atoms with Crippen LogP contribution in [0.1, 0.15) is 16.1 Å². The monoisotopic (exact) mass is 264 g/mol. The van der Waals surface area contributed by atoms with Crippen molar-refractivity contribution in [3.05, 3.63) is 46.7 Å². The van der Waals surface area contributed by atoms with Crippen molar-refractivity contribution in [2.24, 2.45) is 7.05 Å². The number of aromatic hydroxyl groups is 1. The molecule has 18 heavy (non-hydrogen) atoms. The van der Waals surface area contributed by atoms with Gasteiger partial charge in [-0.1, -0.05) is 11.6 Å². The van der Waals surface area contributed by atoms with E-state index in [1.54, 1.807) is 36.0 Å². The van der Waals surface area contributed by atoms with Crippen molar-refractivity contribution in [3.8, 4) is 5.75 Å². The molecule has 2 N–H and O–H groups in total. The summed E-state index contributed by atoms with van der Waals surface area (Å²) in [4.78, 5) is 12.0. The Hall–Kier alpha value is -1.94. The summed E-state index contributed by atoms with van der Waals surface area (Å²) in [7, 11) is 1.75. The van der Waals surface area contributed by atoms with Crippen LogP contribution >= 0.6 is 11.6 Å². The second-order valence-electron chi connectivity index (χ2n) is 4.11. The summed E-state index contributed by atoms with van der Waals surface area (Å²) in [6.07, 6.45) is 1.67. The number of hydrogen-bond acceptors (Lipinski definition) is 2. The van der Waals surface area contributed by atoms with Crippen LogP contribution in [0.15, 0.2) is 30.5 Å². The minimum absolute atomic E-state index is 0.174. The van der Waals surface area contributed by atoms with Gasteiger partial charge in [-0.05, 0) is 36.8 Å². The molecule has 0 radical (unpaired) electrons. The number of benzene rings is 1. The summed E-state index contributed by atoms with van der Waals surface area (Å²) in [5.41, 5.74) is 1.94. The fourth-order valence-electron chi connectivity index (χ4n) is 1.72. The third-order valence-electron chi connectivity index (χ3n) is 2.66. The van der Waals surface area contributed by atoms with Gasteiger partial charge in [0.25, 0.3) is 5.91 Å². The van der Waals surface area contributed by atoms with Gasteiger partial charge in [0.2, 0.25) is 0 Å². The number of hydrogen-bond donors (Lipinski definition) is 2. The van der Waals surface area contributed by atoms with Crippen molar-refractivity contribution in [1.29, 1.82) is 0 Å². The molecule has 0 fully saturated rings. The number of aromatic nitrogens is 1. The zero-order chi connectivity index (χ0) is 13.3. The highest BCUT2D eigenvalue weighted by Crippen LogP contribution is 2.21. The molecule has 0 bridgehead atoms. The van der Waals surface area contributed by atoms with Crippen LogP contribution in [0.4, 0.5) is 5.69 Å². The molecule has 0 aliphatic rings. The zero-order valence-electron chi connectivity index (χ0n) is 10.1. The van der Waals surface area contributed by atoms with Gasteiger partial charge < -0.3 is 15.0 Å². The van der Waals surface area contributed by atoms with E-state index in [1.807, 2.05) is 6.92 Å². The Labute approximate surface area is 110 Å². The SMILES string of the molecule is Cc1cc(O)ccc1NC(=O)c1cc(Cl)cn1C. The van der Waals surface area contributed by atoms with E-state index in [-0.39, 0.29) is 11.7 Å². The molecule has 1 heterocycles. The molecule has 0 aliphatic carbocycles. The number of carbonyl (C=O) groups excluding carboxylic acids is 1. The van der Waals surface area contributed by atoms with Crippen LogP contribution in [-0.2, 0) is 7.05 Å². The normalized spacial score (nSPS) is 10.4. The number of aryl methyl sites for hydroxylation is 2. The topological polar surface area (TPSA) is 54.3 Å². The number of halogens is 1. The molecular weight excluding hydrogens is 252 g/mol. The third kappa shape index (κ3) is 2.49. The van der Waals surface area contributed by atoms with E-state index in [9.17, 15) is 9.90 Å². The number of carbonyl (C=O) groups is 1. The lowest BCUT2D eigenvalue weighted by Crippen LogP contribution is -2.15. The van der Waals surface area contributed by atoms with E-state index in [0.717, 1.165) is 5.56 Å². The first kappa shape index (κ1) is 12.5. The van der Waals surface area contributed by atoms with Gasteiger partial charge in [0.1, 0.15) is 11.4 Å². The Kier molecular flexibility index (Phi) is 3.30. The average Bonchev–Trinajstić information content (AvgIpc) is 2.62. The molecule has 4 nitrogen and oxygen atoms in total. The molecular formula is C13H13ClN2O2. The van der Waals surface area contributed by atoms with E-state index in [1.165, 1.54) is 6.07 Å². The maximum Gasteiger partial charge on any atom is 0.272 e. The Morgan fingerprint density at radius 2 is 2.11 bits per heavy atom. The Morgan fingerprint density at radius 3 is 2.67 bits per heavy atom. The van der Waals surface area contributed by atoms with Gasteiger partial charge in [-0.2, -0.15) is 0 Å². The number of rotatable bonds is 2. The summed E-state index contributed by atoms with van der Waals surface area (Å²) >= 11 is 5.83. The van der Waals surface area contributed by atoms with Crippen molar-refractivity contribution in [1.82, 2.24) is 4.57 Å². The molecule has 1 amide bonds. The number of nitrogens with one attached hydrogen (secondary N) is 1. The van der Waals surface area contributed by atoms with Crippen LogP contribution < -0.4 is 5.32 Å². The molecule has 0 spiro atoms. The summed E-state index contributed by atoms with van der Waals surface area (Å²) in [5, 5.41) is 12.6. The lowest BCUT2D eigenvalue weighted by Gasteiger charge is -2.09. The predicted octanol–water partition coefficient (Wildman–Crippen LogP) is 2.94. The van der Waals surface area contributed by atoms with Crippen molar-refractivity contribution >= 4 is 23.2 Å². The first-order valence-electron chi connectivity index (χ1n) is 5.40. The average molecular weight is 265 g/mol. The number of nitrogens with zero attached hydrogens (tertiary/aromatic N) is 1. The molecule has 0 unspecified atom stereocenters. The molecule has 2 rings (SSSR count). The molecule has 0 saturated carbocycles. The summed E-state index contributed by atoms with van der Waals surface area (Å²) in [6.45, 7) is 1.81. The van der Waals surface area contributed by atoms with E-state index in [4.69, 9.17) is 11.6 Å². The Bertz CT molecular complexity index is 605. The first-order valence-corrected chi connectivity index (χ1v) is 5.78. The van der Waals surface area contributed by atoms with E-state index in [0.29, 0.717) is 16.4 Å². The van der Waals surface area contributed by atoms with Crippen LogP contribution in [-0.4, -0.2) is 15.6 Å². The van der Waals surface area contributed by atoms with Crippen LogP contribution in [0.5, 0.6) is 5.75 Å². The quantitative estimate of drug-likeness (QED) is 0.820. The lowest BCUT2D eigenvalue weighted by atomic mass is 10.2. The highest BCUT2D eigenvalue weighted by Gasteiger charge is 2.12. The van der Waals surface area contributed by atoms with Crippen LogP contribution in [0.2, 0.25) is 5.02 Å². The molecule has 0 aliphatic heterocycles. The van der Waals surface area contributed by atoms with Crippen LogP contribution in [0.3, 0.4) is 0 Å². The number of amides is 1. The maximum absolute atomic E-state index is 12.0. The van der Waals surface area contributed by atoms with Gasteiger partial charge in [0, 0.05) is 18.9 Å². The number of phenols is 1. The fourth-order valence-corrected chi connectivity index (χ4v) is 1.97. The minimum Gasteiger partial charge on any atom is -0.508 e. The molecule has 0 saturated heterocycles. The van der Waals surface area contributed by atoms with E-state index in [2.05, 4.69) is 5.32 Å². The fraction of sp³-hybridized carbons (Fsp3) is 0.154. The number of anilines is 1. The van der Waals surface area contributed by atoms with Gasteiger partial charge in [-0.3, -0.25) is 4.79 Å². The van der Waals surface area contributed by atoms with Crippen molar-refractivity contribution in [2.45, 2.75) is 6.92 Å². The maximum atomic E-state index is 12.0. The first-order chi connectivity index (χ1) is 8.47. The summed E-state index contributed by atoms with van der Waals surface area (Å²) < 4.78 is 1.66. The smallest absolute Gasteiger partial charge is 0.272 e. The second-order valence-corrected chi connectivity index (χ2v) is 4.54. The molecule has 0 atom stereocenters. The Morgan fingerprint density at radius 1 is 1.39 bits per heavy atom.